The number of aliphatic hydroxyl groups excluding tert-OH is 4. The van der Waals surface area contributed by atoms with E-state index in [0.717, 1.165) is 6.07 Å². The summed E-state index contributed by atoms with van der Waals surface area (Å²) in [6.45, 7) is -0.683. The minimum atomic E-state index is -1.75. The number of aromatic hydroxyl groups is 3. The number of carbonyl (C=O) groups is 1. The zero-order valence-corrected chi connectivity index (χ0v) is 16.5. The lowest BCUT2D eigenvalue weighted by Gasteiger charge is -2.42. The molecule has 11 nitrogen and oxygen atoms in total. The van der Waals surface area contributed by atoms with Crippen molar-refractivity contribution >= 4 is 5.78 Å². The van der Waals surface area contributed by atoms with Gasteiger partial charge in [0.05, 0.1) is 12.2 Å². The Morgan fingerprint density at radius 3 is 2.34 bits per heavy atom. The van der Waals surface area contributed by atoms with Crippen molar-refractivity contribution in [3.05, 3.63) is 47.5 Å². The lowest BCUT2D eigenvalue weighted by atomic mass is 9.92. The van der Waals surface area contributed by atoms with Gasteiger partial charge in [-0.05, 0) is 29.8 Å². The fourth-order valence-electron chi connectivity index (χ4n) is 3.72. The van der Waals surface area contributed by atoms with Crippen LogP contribution < -0.4 is 4.74 Å². The van der Waals surface area contributed by atoms with Gasteiger partial charge in [-0.25, -0.2) is 0 Å². The van der Waals surface area contributed by atoms with E-state index in [4.69, 9.17) is 14.2 Å². The maximum absolute atomic E-state index is 13.2. The van der Waals surface area contributed by atoms with E-state index in [1.807, 2.05) is 0 Å². The molecule has 2 aliphatic rings. The predicted octanol–water partition coefficient (Wildman–Crippen LogP) is -0.695. The molecule has 0 spiro atoms. The van der Waals surface area contributed by atoms with E-state index in [1.165, 1.54) is 30.3 Å². The van der Waals surface area contributed by atoms with Gasteiger partial charge in [-0.15, -0.1) is 0 Å². The smallest absolute Gasteiger partial charge is 0.199 e. The Labute approximate surface area is 181 Å². The van der Waals surface area contributed by atoms with Crippen molar-refractivity contribution in [2.24, 2.45) is 0 Å². The number of phenols is 3. The molecule has 11 heteroatoms. The van der Waals surface area contributed by atoms with Crippen LogP contribution in [0.25, 0.3) is 0 Å². The van der Waals surface area contributed by atoms with Crippen molar-refractivity contribution in [3.8, 4) is 23.0 Å². The Morgan fingerprint density at radius 1 is 0.906 bits per heavy atom. The third-order valence-corrected chi connectivity index (χ3v) is 5.48. The molecule has 1 fully saturated rings. The average Bonchev–Trinajstić information content (AvgIpc) is 2.77. The summed E-state index contributed by atoms with van der Waals surface area (Å²) in [5.74, 6) is -1.61. The number of rotatable bonds is 4. The van der Waals surface area contributed by atoms with Crippen LogP contribution in [0, 0.1) is 0 Å². The summed E-state index contributed by atoms with van der Waals surface area (Å²) in [6, 6.07) is 7.54. The molecule has 4 rings (SSSR count). The first-order chi connectivity index (χ1) is 15.2. The van der Waals surface area contributed by atoms with Gasteiger partial charge in [0.25, 0.3) is 0 Å². The number of Topliss-reactive ketones (excluding diaryl/α,β-unsaturated/α-hetero) is 1. The quantitative estimate of drug-likeness (QED) is 0.292. The Kier molecular flexibility index (Phi) is 5.95. The molecule has 7 atom stereocenters. The van der Waals surface area contributed by atoms with E-state index < -0.39 is 66.8 Å². The van der Waals surface area contributed by atoms with Gasteiger partial charge < -0.3 is 50.0 Å². The van der Waals surface area contributed by atoms with Crippen molar-refractivity contribution in [1.82, 2.24) is 0 Å². The molecule has 32 heavy (non-hydrogen) atoms. The standard InChI is InChI=1S/C21H22O11/c22-7-14-16(27)17(28)18(29)21(31-14)32-20-15(26)10-3-2-9(23)6-13(10)30-19(20)8-1-4-11(24)12(25)5-8/h1-6,14,16-25,27-29H,7H2. The summed E-state index contributed by atoms with van der Waals surface area (Å²) in [4.78, 5) is 13.2. The predicted molar refractivity (Wildman–Crippen MR) is 104 cm³/mol. The van der Waals surface area contributed by atoms with Gasteiger partial charge in [-0.1, -0.05) is 6.07 Å². The van der Waals surface area contributed by atoms with E-state index in [2.05, 4.69) is 0 Å². The molecule has 0 radical (unpaired) electrons. The second-order valence-electron chi connectivity index (χ2n) is 7.59. The summed E-state index contributed by atoms with van der Waals surface area (Å²) >= 11 is 0. The molecule has 0 bridgehead atoms. The number of phenolic OH excluding ortho intramolecular Hbond substituents is 3. The second kappa shape index (κ2) is 8.54. The number of ether oxygens (including phenoxy) is 3. The number of aliphatic hydroxyl groups is 4. The van der Waals surface area contributed by atoms with E-state index in [0.29, 0.717) is 0 Å². The zero-order valence-electron chi connectivity index (χ0n) is 16.5. The molecule has 7 unspecified atom stereocenters. The van der Waals surface area contributed by atoms with Crippen LogP contribution in [0.2, 0.25) is 0 Å². The topological polar surface area (TPSA) is 186 Å². The van der Waals surface area contributed by atoms with E-state index in [1.54, 1.807) is 0 Å². The minimum absolute atomic E-state index is 0.0428. The van der Waals surface area contributed by atoms with Crippen LogP contribution in [0.15, 0.2) is 36.4 Å². The van der Waals surface area contributed by atoms with Crippen molar-refractivity contribution < 1.29 is 54.8 Å². The van der Waals surface area contributed by atoms with Crippen LogP contribution in [-0.4, -0.2) is 84.9 Å². The molecule has 0 aromatic heterocycles. The molecular weight excluding hydrogens is 428 g/mol. The van der Waals surface area contributed by atoms with Crippen molar-refractivity contribution in [2.45, 2.75) is 42.9 Å². The minimum Gasteiger partial charge on any atom is -0.508 e. The number of benzene rings is 2. The number of hydrogen-bond donors (Lipinski definition) is 7. The summed E-state index contributed by atoms with van der Waals surface area (Å²) < 4.78 is 16.9. The molecule has 2 aliphatic heterocycles. The monoisotopic (exact) mass is 450 g/mol. The molecule has 2 heterocycles. The van der Waals surface area contributed by atoms with Crippen molar-refractivity contribution in [2.75, 3.05) is 6.61 Å². The van der Waals surface area contributed by atoms with Gasteiger partial charge in [0, 0.05) is 6.07 Å². The fraction of sp³-hybridized carbons (Fsp3) is 0.381. The molecule has 172 valence electrons. The maximum Gasteiger partial charge on any atom is 0.199 e. The molecule has 0 saturated carbocycles. The van der Waals surface area contributed by atoms with Crippen molar-refractivity contribution in [1.29, 1.82) is 0 Å². The van der Waals surface area contributed by atoms with Crippen LogP contribution in [-0.2, 0) is 9.47 Å². The first kappa shape index (κ1) is 22.3. The molecule has 2 aromatic rings. The van der Waals surface area contributed by atoms with Crippen LogP contribution >= 0.6 is 0 Å². The fourth-order valence-corrected chi connectivity index (χ4v) is 3.72. The highest BCUT2D eigenvalue weighted by Crippen LogP contribution is 2.41. The van der Waals surface area contributed by atoms with Crippen LogP contribution in [0.3, 0.4) is 0 Å². The second-order valence-corrected chi connectivity index (χ2v) is 7.59. The molecule has 0 aliphatic carbocycles. The van der Waals surface area contributed by atoms with Crippen LogP contribution in [0.4, 0.5) is 0 Å². The van der Waals surface area contributed by atoms with Gasteiger partial charge in [-0.2, -0.15) is 0 Å². The molecule has 0 amide bonds. The highest BCUT2D eigenvalue weighted by molar-refractivity contribution is 6.03. The Balaban J connectivity index is 1.71. The Bertz CT molecular complexity index is 1010. The molecular formula is C21H22O11. The number of hydrogen-bond acceptors (Lipinski definition) is 11. The Hall–Kier alpha value is -2.93. The highest BCUT2D eigenvalue weighted by atomic mass is 16.7. The maximum atomic E-state index is 13.2. The summed E-state index contributed by atoms with van der Waals surface area (Å²) in [5, 5.41) is 68.9. The van der Waals surface area contributed by atoms with Gasteiger partial charge in [0.2, 0.25) is 0 Å². The Morgan fingerprint density at radius 2 is 1.66 bits per heavy atom. The number of ketones is 1. The summed E-state index contributed by atoms with van der Waals surface area (Å²) in [7, 11) is 0. The van der Waals surface area contributed by atoms with Gasteiger partial charge >= 0.3 is 0 Å². The molecule has 7 N–H and O–H groups in total. The molecule has 2 aromatic carbocycles. The zero-order chi connectivity index (χ0) is 23.2. The van der Waals surface area contributed by atoms with Gasteiger partial charge in [0.15, 0.2) is 35.8 Å². The third kappa shape index (κ3) is 3.86. The molecule has 1 saturated heterocycles. The SMILES string of the molecule is O=C1c2ccc(O)cc2OC(c2ccc(O)c(O)c2)C1OC1OC(CO)C(O)C(O)C1O. The van der Waals surface area contributed by atoms with Gasteiger partial charge in [-0.3, -0.25) is 4.79 Å². The summed E-state index contributed by atoms with van der Waals surface area (Å²) in [6.07, 6.45) is -10.6. The largest absolute Gasteiger partial charge is 0.508 e. The van der Waals surface area contributed by atoms with Crippen molar-refractivity contribution in [3.63, 3.8) is 0 Å². The third-order valence-electron chi connectivity index (χ3n) is 5.48. The lowest BCUT2D eigenvalue weighted by Crippen LogP contribution is -2.60. The normalized spacial score (nSPS) is 32.2. The van der Waals surface area contributed by atoms with Crippen LogP contribution in [0.1, 0.15) is 22.0 Å². The number of fused-ring (bicyclic) bond motifs is 1. The number of carbonyl (C=O) groups excluding carboxylic acids is 1. The first-order valence-electron chi connectivity index (χ1n) is 9.73. The van der Waals surface area contributed by atoms with E-state index >= 15 is 0 Å². The first-order valence-corrected chi connectivity index (χ1v) is 9.73. The average molecular weight is 450 g/mol. The lowest BCUT2D eigenvalue weighted by molar-refractivity contribution is -0.311. The highest BCUT2D eigenvalue weighted by Gasteiger charge is 2.48. The van der Waals surface area contributed by atoms with Gasteiger partial charge in [0.1, 0.15) is 35.9 Å². The van der Waals surface area contributed by atoms with E-state index in [-0.39, 0.29) is 22.6 Å². The van der Waals surface area contributed by atoms with Crippen LogP contribution in [0.5, 0.6) is 23.0 Å². The van der Waals surface area contributed by atoms with E-state index in [9.17, 15) is 40.5 Å². The summed E-state index contributed by atoms with van der Waals surface area (Å²) in [5.41, 5.74) is 0.286.